The molecule has 1 N–H and O–H groups in total. The van der Waals surface area contributed by atoms with Crippen LogP contribution in [0.1, 0.15) is 12.5 Å². The van der Waals surface area contributed by atoms with E-state index in [1.165, 1.54) is 25.1 Å². The molecular weight excluding hydrogens is 388 g/mol. The topological polar surface area (TPSA) is 66.5 Å². The van der Waals surface area contributed by atoms with Crippen LogP contribution in [-0.2, 0) is 21.0 Å². The highest BCUT2D eigenvalue weighted by Crippen LogP contribution is 2.34. The number of halogens is 4. The second kappa shape index (κ2) is 8.05. The van der Waals surface area contributed by atoms with Crippen molar-refractivity contribution in [3.05, 3.63) is 59.9 Å². The zero-order chi connectivity index (χ0) is 20.2. The number of likely N-dealkylation sites (N-methyl/N-ethyl adjacent to an activating group) is 1. The maximum Gasteiger partial charge on any atom is 0.418 e. The fourth-order valence-electron chi connectivity index (χ4n) is 2.33. The third-order valence-electron chi connectivity index (χ3n) is 3.61. The van der Waals surface area contributed by atoms with E-state index in [-0.39, 0.29) is 11.4 Å². The van der Waals surface area contributed by atoms with Gasteiger partial charge >= 0.3 is 6.18 Å². The van der Waals surface area contributed by atoms with Gasteiger partial charge in [0.2, 0.25) is 15.9 Å². The number of benzene rings is 2. The van der Waals surface area contributed by atoms with Crippen LogP contribution in [0.3, 0.4) is 0 Å². The van der Waals surface area contributed by atoms with Crippen molar-refractivity contribution in [2.75, 3.05) is 18.4 Å². The highest BCUT2D eigenvalue weighted by Gasteiger charge is 2.34. The van der Waals surface area contributed by atoms with Gasteiger partial charge in [-0.3, -0.25) is 4.79 Å². The zero-order valence-corrected chi connectivity index (χ0v) is 14.9. The predicted molar refractivity (Wildman–Crippen MR) is 90.9 cm³/mol. The van der Waals surface area contributed by atoms with E-state index in [0.29, 0.717) is 0 Å². The number of rotatable bonds is 6. The molecule has 0 aliphatic carbocycles. The van der Waals surface area contributed by atoms with E-state index < -0.39 is 45.7 Å². The minimum absolute atomic E-state index is 0.132. The number of anilines is 1. The molecule has 0 atom stereocenters. The van der Waals surface area contributed by atoms with E-state index in [0.717, 1.165) is 34.6 Å². The van der Waals surface area contributed by atoms with Gasteiger partial charge in [0.05, 0.1) is 22.7 Å². The molecule has 146 valence electrons. The van der Waals surface area contributed by atoms with Gasteiger partial charge in [0, 0.05) is 6.54 Å². The Morgan fingerprint density at radius 1 is 1.11 bits per heavy atom. The van der Waals surface area contributed by atoms with E-state index in [9.17, 15) is 30.8 Å². The highest BCUT2D eigenvalue weighted by atomic mass is 32.2. The maximum atomic E-state index is 13.3. The van der Waals surface area contributed by atoms with Crippen molar-refractivity contribution in [2.24, 2.45) is 0 Å². The van der Waals surface area contributed by atoms with Crippen molar-refractivity contribution in [1.29, 1.82) is 0 Å². The van der Waals surface area contributed by atoms with Crippen LogP contribution in [0.2, 0.25) is 0 Å². The van der Waals surface area contributed by atoms with Crippen LogP contribution in [-0.4, -0.2) is 31.7 Å². The number of nitrogens with zero attached hydrogens (tertiary/aromatic N) is 1. The predicted octanol–water partition coefficient (Wildman–Crippen LogP) is 3.49. The van der Waals surface area contributed by atoms with E-state index >= 15 is 0 Å². The molecule has 5 nitrogen and oxygen atoms in total. The van der Waals surface area contributed by atoms with Crippen molar-refractivity contribution in [1.82, 2.24) is 4.31 Å². The first-order valence-corrected chi connectivity index (χ1v) is 9.21. The molecule has 1 amide bonds. The molecule has 0 saturated heterocycles. The van der Waals surface area contributed by atoms with Crippen molar-refractivity contribution < 1.29 is 30.8 Å². The molecule has 0 unspecified atom stereocenters. The van der Waals surface area contributed by atoms with Gasteiger partial charge in [-0.2, -0.15) is 17.5 Å². The number of amides is 1. The first kappa shape index (κ1) is 20.8. The van der Waals surface area contributed by atoms with Gasteiger partial charge in [0.1, 0.15) is 5.82 Å². The molecule has 2 rings (SSSR count). The minimum atomic E-state index is -4.68. The minimum Gasteiger partial charge on any atom is -0.324 e. The lowest BCUT2D eigenvalue weighted by molar-refractivity contribution is -0.137. The summed E-state index contributed by atoms with van der Waals surface area (Å²) in [5.74, 6) is -1.72. The fraction of sp³-hybridized carbons (Fsp3) is 0.235. The number of alkyl halides is 3. The molecule has 0 saturated carbocycles. The fourth-order valence-corrected chi connectivity index (χ4v) is 3.77. The number of para-hydroxylation sites is 1. The first-order chi connectivity index (χ1) is 12.6. The van der Waals surface area contributed by atoms with Crippen LogP contribution >= 0.6 is 0 Å². The molecule has 0 heterocycles. The zero-order valence-electron chi connectivity index (χ0n) is 14.1. The lowest BCUT2D eigenvalue weighted by atomic mass is 10.1. The summed E-state index contributed by atoms with van der Waals surface area (Å²) in [6.07, 6.45) is -4.68. The van der Waals surface area contributed by atoms with Crippen molar-refractivity contribution in [2.45, 2.75) is 18.0 Å². The first-order valence-electron chi connectivity index (χ1n) is 7.77. The molecule has 27 heavy (non-hydrogen) atoms. The van der Waals surface area contributed by atoms with Gasteiger partial charge in [-0.15, -0.1) is 0 Å². The van der Waals surface area contributed by atoms with Gasteiger partial charge in [-0.25, -0.2) is 12.8 Å². The van der Waals surface area contributed by atoms with Crippen molar-refractivity contribution in [3.63, 3.8) is 0 Å². The monoisotopic (exact) mass is 404 g/mol. The Kier molecular flexibility index (Phi) is 6.22. The standard InChI is InChI=1S/C17H16F4N2O3S/c1-2-23(27(25,26)13-7-5-6-12(18)10-13)11-16(24)22-15-9-4-3-8-14(15)17(19,20)21/h3-10H,2,11H2,1H3,(H,22,24). The molecule has 0 bridgehead atoms. The summed E-state index contributed by atoms with van der Waals surface area (Å²) in [4.78, 5) is 11.8. The summed E-state index contributed by atoms with van der Waals surface area (Å²) in [6.45, 7) is 0.600. The van der Waals surface area contributed by atoms with Crippen LogP contribution in [0.25, 0.3) is 0 Å². The molecule has 2 aromatic rings. The van der Waals surface area contributed by atoms with E-state index in [1.54, 1.807) is 0 Å². The van der Waals surface area contributed by atoms with Crippen LogP contribution in [0.5, 0.6) is 0 Å². The number of hydrogen-bond acceptors (Lipinski definition) is 3. The average Bonchev–Trinajstić information content (AvgIpc) is 2.59. The number of carbonyl (C=O) groups excluding carboxylic acids is 1. The van der Waals surface area contributed by atoms with Gasteiger partial charge in [-0.05, 0) is 30.3 Å². The summed E-state index contributed by atoms with van der Waals surface area (Å²) in [5.41, 5.74) is -1.52. The smallest absolute Gasteiger partial charge is 0.324 e. The van der Waals surface area contributed by atoms with Crippen molar-refractivity contribution >= 4 is 21.6 Å². The lowest BCUT2D eigenvalue weighted by Crippen LogP contribution is -2.38. The molecule has 0 fully saturated rings. The van der Waals surface area contributed by atoms with Crippen LogP contribution in [0.4, 0.5) is 23.2 Å². The summed E-state index contributed by atoms with van der Waals surface area (Å²) in [7, 11) is -4.19. The van der Waals surface area contributed by atoms with Gasteiger partial charge in [-0.1, -0.05) is 25.1 Å². The Bertz CT molecular complexity index is 930. The summed E-state index contributed by atoms with van der Waals surface area (Å²) < 4.78 is 78.1. The molecular formula is C17H16F4N2O3S. The van der Waals surface area contributed by atoms with E-state index in [4.69, 9.17) is 0 Å². The van der Waals surface area contributed by atoms with Gasteiger partial charge < -0.3 is 5.32 Å². The van der Waals surface area contributed by atoms with Crippen LogP contribution in [0.15, 0.2) is 53.4 Å². The molecule has 0 radical (unpaired) electrons. The summed E-state index contributed by atoms with van der Waals surface area (Å²) in [6, 6.07) is 8.59. The van der Waals surface area contributed by atoms with Crippen LogP contribution < -0.4 is 5.32 Å². The third-order valence-corrected chi connectivity index (χ3v) is 5.53. The second-order valence-corrected chi connectivity index (χ2v) is 7.42. The largest absolute Gasteiger partial charge is 0.418 e. The normalized spacial score (nSPS) is 12.2. The van der Waals surface area contributed by atoms with Crippen molar-refractivity contribution in [3.8, 4) is 0 Å². The molecule has 0 spiro atoms. The Morgan fingerprint density at radius 3 is 2.37 bits per heavy atom. The molecule has 0 aromatic heterocycles. The van der Waals surface area contributed by atoms with Crippen LogP contribution in [0, 0.1) is 5.82 Å². The summed E-state index contributed by atoms with van der Waals surface area (Å²) in [5, 5.41) is 2.08. The lowest BCUT2D eigenvalue weighted by Gasteiger charge is -2.21. The molecule has 0 aliphatic rings. The SMILES string of the molecule is CCN(CC(=O)Nc1ccccc1C(F)(F)F)S(=O)(=O)c1cccc(F)c1. The van der Waals surface area contributed by atoms with E-state index in [1.807, 2.05) is 0 Å². The number of nitrogens with one attached hydrogen (secondary N) is 1. The van der Waals surface area contributed by atoms with Gasteiger partial charge in [0.25, 0.3) is 0 Å². The Hall–Kier alpha value is -2.46. The second-order valence-electron chi connectivity index (χ2n) is 5.48. The third kappa shape index (κ3) is 5.04. The Balaban J connectivity index is 2.21. The average molecular weight is 404 g/mol. The van der Waals surface area contributed by atoms with E-state index in [2.05, 4.69) is 5.32 Å². The number of hydrogen-bond donors (Lipinski definition) is 1. The quantitative estimate of drug-likeness (QED) is 0.750. The number of carbonyl (C=O) groups is 1. The molecule has 2 aromatic carbocycles. The molecule has 10 heteroatoms. The number of sulfonamides is 1. The molecule has 0 aliphatic heterocycles. The van der Waals surface area contributed by atoms with Gasteiger partial charge in [0.15, 0.2) is 0 Å². The maximum absolute atomic E-state index is 13.3. The Labute approximate surface area is 153 Å². The summed E-state index contributed by atoms with van der Waals surface area (Å²) >= 11 is 0. The Morgan fingerprint density at radius 2 is 1.78 bits per heavy atom. The highest BCUT2D eigenvalue weighted by molar-refractivity contribution is 7.89.